The predicted octanol–water partition coefficient (Wildman–Crippen LogP) is 1.54. The van der Waals surface area contributed by atoms with Crippen LogP contribution in [0, 0.1) is 5.41 Å². The number of hydrogen-bond acceptors (Lipinski definition) is 3. The highest BCUT2D eigenvalue weighted by molar-refractivity contribution is 6.68. The van der Waals surface area contributed by atoms with E-state index in [-0.39, 0.29) is 12.2 Å². The molecule has 0 heterocycles. The van der Waals surface area contributed by atoms with Crippen LogP contribution in [-0.2, 0) is 0 Å². The summed E-state index contributed by atoms with van der Waals surface area (Å²) in [5, 5.41) is 8.73. The lowest BCUT2D eigenvalue weighted by atomic mass is 10.4. The van der Waals surface area contributed by atoms with Crippen LogP contribution in [0.2, 0.25) is 0 Å². The number of alkyl halides is 3. The molecule has 76 valence electrons. The van der Waals surface area contributed by atoms with Gasteiger partial charge in [-0.3, -0.25) is 5.41 Å². The molecule has 0 unspecified atom stereocenters. The number of hydrogen-bond donors (Lipinski definition) is 3. The third-order valence-electron chi connectivity index (χ3n) is 1.13. The molecule has 0 saturated heterocycles. The molecule has 0 aromatic carbocycles. The Labute approximate surface area is 78.2 Å². The van der Waals surface area contributed by atoms with Gasteiger partial charge in [0, 0.05) is 12.7 Å². The van der Waals surface area contributed by atoms with E-state index in [4.69, 9.17) is 22.7 Å². The Morgan fingerprint density at radius 1 is 1.54 bits per heavy atom. The van der Waals surface area contributed by atoms with Crippen molar-refractivity contribution >= 4 is 16.8 Å². The maximum Gasteiger partial charge on any atom is 0.390 e. The van der Waals surface area contributed by atoms with E-state index in [2.05, 4.69) is 5.32 Å². The Kier molecular flexibility index (Phi) is 4.61. The zero-order valence-electron chi connectivity index (χ0n) is 6.58. The summed E-state index contributed by atoms with van der Waals surface area (Å²) < 4.78 is 34.9. The number of rotatable bonds is 4. The largest absolute Gasteiger partial charge is 0.403 e. The van der Waals surface area contributed by atoms with Gasteiger partial charge in [-0.25, -0.2) is 0 Å². The van der Waals surface area contributed by atoms with Gasteiger partial charge < -0.3 is 11.1 Å². The predicted molar refractivity (Wildman–Crippen MR) is 44.5 cm³/mol. The first-order valence-corrected chi connectivity index (χ1v) is 3.71. The molecule has 0 rings (SSSR count). The van der Waals surface area contributed by atoms with Gasteiger partial charge in [0.05, 0.1) is 12.1 Å². The van der Waals surface area contributed by atoms with E-state index in [1.54, 1.807) is 0 Å². The second-order valence-electron chi connectivity index (χ2n) is 2.19. The van der Waals surface area contributed by atoms with Gasteiger partial charge in [0.2, 0.25) is 0 Å². The fraction of sp³-hybridized carbons (Fsp3) is 0.500. The first-order valence-electron chi connectivity index (χ1n) is 3.34. The zero-order valence-corrected chi connectivity index (χ0v) is 7.34. The lowest BCUT2D eigenvalue weighted by molar-refractivity contribution is -0.133. The fourth-order valence-corrected chi connectivity index (χ4v) is 0.678. The molecule has 0 atom stereocenters. The van der Waals surface area contributed by atoms with E-state index in [1.165, 1.54) is 0 Å². The highest BCUT2D eigenvalue weighted by atomic mass is 35.5. The van der Waals surface area contributed by atoms with E-state index in [1.807, 2.05) is 0 Å². The number of allylic oxidation sites excluding steroid dienone is 1. The standard InChI is InChI=1S/C6H9ClF3N3/c7-5(12)4(3-11)13-2-1-6(8,9)10/h3,12-13H,1-2,11H2/b4-3+,12-5?. The Morgan fingerprint density at radius 3 is 2.38 bits per heavy atom. The quantitative estimate of drug-likeness (QED) is 0.623. The van der Waals surface area contributed by atoms with Crippen molar-refractivity contribution < 1.29 is 13.2 Å². The van der Waals surface area contributed by atoms with Crippen LogP contribution in [0.5, 0.6) is 0 Å². The lowest BCUT2D eigenvalue weighted by Gasteiger charge is -2.09. The molecule has 0 fully saturated rings. The van der Waals surface area contributed by atoms with Crippen molar-refractivity contribution in [3.8, 4) is 0 Å². The Bertz CT molecular complexity index is 212. The summed E-state index contributed by atoms with van der Waals surface area (Å²) in [6.07, 6.45) is -4.26. The van der Waals surface area contributed by atoms with Gasteiger partial charge in [0.1, 0.15) is 5.17 Å². The van der Waals surface area contributed by atoms with Crippen LogP contribution < -0.4 is 11.1 Å². The fourth-order valence-electron chi connectivity index (χ4n) is 0.549. The van der Waals surface area contributed by atoms with Gasteiger partial charge in [-0.05, 0) is 0 Å². The molecule has 0 aliphatic rings. The summed E-state index contributed by atoms with van der Waals surface area (Å²) in [4.78, 5) is 0. The van der Waals surface area contributed by atoms with Crippen molar-refractivity contribution in [2.24, 2.45) is 5.73 Å². The normalized spacial score (nSPS) is 12.8. The number of halogens is 4. The molecule has 0 radical (unpaired) electrons. The summed E-state index contributed by atoms with van der Waals surface area (Å²) in [6.45, 7) is -0.346. The maximum atomic E-state index is 11.6. The minimum atomic E-state index is -4.22. The summed E-state index contributed by atoms with van der Waals surface area (Å²) >= 11 is 5.19. The summed E-state index contributed by atoms with van der Waals surface area (Å²) in [7, 11) is 0. The second-order valence-corrected chi connectivity index (χ2v) is 2.56. The van der Waals surface area contributed by atoms with E-state index in [0.717, 1.165) is 6.20 Å². The Balaban J connectivity index is 3.83. The molecule has 0 amide bonds. The molecule has 0 bridgehead atoms. The molecule has 4 N–H and O–H groups in total. The minimum absolute atomic E-state index is 0.00841. The van der Waals surface area contributed by atoms with Crippen molar-refractivity contribution in [2.45, 2.75) is 12.6 Å². The van der Waals surface area contributed by atoms with Crippen molar-refractivity contribution in [1.82, 2.24) is 5.32 Å². The molecule has 0 spiro atoms. The topological polar surface area (TPSA) is 61.9 Å². The van der Waals surface area contributed by atoms with Crippen molar-refractivity contribution in [2.75, 3.05) is 6.54 Å². The highest BCUT2D eigenvalue weighted by Gasteiger charge is 2.26. The number of nitrogens with two attached hydrogens (primary N) is 1. The first-order chi connectivity index (χ1) is 5.87. The molecule has 13 heavy (non-hydrogen) atoms. The summed E-state index contributed by atoms with van der Waals surface area (Å²) in [5.74, 6) is 0. The van der Waals surface area contributed by atoms with Crippen molar-refractivity contribution in [3.05, 3.63) is 11.9 Å². The van der Waals surface area contributed by atoms with E-state index in [9.17, 15) is 13.2 Å². The van der Waals surface area contributed by atoms with Crippen LogP contribution in [0.15, 0.2) is 11.9 Å². The molecule has 0 aliphatic carbocycles. The van der Waals surface area contributed by atoms with Crippen LogP contribution in [0.3, 0.4) is 0 Å². The van der Waals surface area contributed by atoms with Crippen LogP contribution in [0.4, 0.5) is 13.2 Å². The van der Waals surface area contributed by atoms with E-state index in [0.29, 0.717) is 0 Å². The van der Waals surface area contributed by atoms with Crippen molar-refractivity contribution in [1.29, 1.82) is 5.41 Å². The SMILES string of the molecule is N=C(Cl)/C(=C\N)NCCC(F)(F)F. The molecule has 0 aromatic rings. The molecule has 3 nitrogen and oxygen atoms in total. The second kappa shape index (κ2) is 4.96. The average Bonchev–Trinajstić information content (AvgIpc) is 1.95. The van der Waals surface area contributed by atoms with Crippen LogP contribution >= 0.6 is 11.6 Å². The third-order valence-corrected chi connectivity index (χ3v) is 1.33. The van der Waals surface area contributed by atoms with Gasteiger partial charge >= 0.3 is 6.18 Å². The third kappa shape index (κ3) is 6.27. The van der Waals surface area contributed by atoms with Crippen LogP contribution in [0.25, 0.3) is 0 Å². The zero-order chi connectivity index (χ0) is 10.5. The van der Waals surface area contributed by atoms with Gasteiger partial charge in [0.25, 0.3) is 0 Å². The molecule has 0 saturated carbocycles. The van der Waals surface area contributed by atoms with E-state index < -0.39 is 17.8 Å². The Hall–Kier alpha value is -0.910. The van der Waals surface area contributed by atoms with Gasteiger partial charge in [-0.15, -0.1) is 0 Å². The lowest BCUT2D eigenvalue weighted by Crippen LogP contribution is -2.24. The maximum absolute atomic E-state index is 11.6. The van der Waals surface area contributed by atoms with Crippen molar-refractivity contribution in [3.63, 3.8) is 0 Å². The Morgan fingerprint density at radius 2 is 2.08 bits per heavy atom. The highest BCUT2D eigenvalue weighted by Crippen LogP contribution is 2.18. The number of nitrogens with one attached hydrogen (secondary N) is 2. The molecular weight excluding hydrogens is 207 g/mol. The summed E-state index contributed by atoms with van der Waals surface area (Å²) in [6, 6.07) is 0. The van der Waals surface area contributed by atoms with Gasteiger partial charge in [0.15, 0.2) is 0 Å². The monoisotopic (exact) mass is 215 g/mol. The van der Waals surface area contributed by atoms with Gasteiger partial charge in [-0.2, -0.15) is 13.2 Å². The summed E-state index contributed by atoms with van der Waals surface area (Å²) in [5.41, 5.74) is 4.98. The van der Waals surface area contributed by atoms with Gasteiger partial charge in [-0.1, -0.05) is 11.6 Å². The van der Waals surface area contributed by atoms with Crippen LogP contribution in [0.1, 0.15) is 6.42 Å². The minimum Gasteiger partial charge on any atom is -0.403 e. The van der Waals surface area contributed by atoms with Crippen LogP contribution in [-0.4, -0.2) is 17.9 Å². The molecular formula is C6H9ClF3N3. The van der Waals surface area contributed by atoms with E-state index >= 15 is 0 Å². The molecule has 0 aromatic heterocycles. The average molecular weight is 216 g/mol. The smallest absolute Gasteiger partial charge is 0.390 e. The molecule has 0 aliphatic heterocycles. The first kappa shape index (κ1) is 12.1. The molecule has 7 heteroatoms.